The summed E-state index contributed by atoms with van der Waals surface area (Å²) in [5.41, 5.74) is 2.47. The Morgan fingerprint density at radius 3 is 2.73 bits per heavy atom. The van der Waals surface area contributed by atoms with Gasteiger partial charge in [-0.25, -0.2) is 4.98 Å². The number of para-hydroxylation sites is 2. The van der Waals surface area contributed by atoms with E-state index in [9.17, 15) is 4.79 Å². The molecule has 1 aliphatic heterocycles. The van der Waals surface area contributed by atoms with Crippen LogP contribution in [0.25, 0.3) is 11.0 Å². The van der Waals surface area contributed by atoms with Crippen LogP contribution >= 0.6 is 0 Å². The molecule has 2 aromatic rings. The van der Waals surface area contributed by atoms with Crippen LogP contribution in [0.15, 0.2) is 24.3 Å². The highest BCUT2D eigenvalue weighted by molar-refractivity contribution is 5.82. The minimum Gasteiger partial charge on any atom is -0.355 e. The molecule has 1 amide bonds. The Labute approximate surface area is 155 Å². The molecule has 5 heteroatoms. The number of hydrogen-bond donors (Lipinski definition) is 1. The summed E-state index contributed by atoms with van der Waals surface area (Å²) in [7, 11) is 2.05. The number of amides is 1. The van der Waals surface area contributed by atoms with Crippen molar-refractivity contribution in [2.24, 2.45) is 18.4 Å². The van der Waals surface area contributed by atoms with Gasteiger partial charge in [0.25, 0.3) is 0 Å². The number of fused-ring (bicyclic) bond motifs is 1. The Kier molecular flexibility index (Phi) is 4.51. The van der Waals surface area contributed by atoms with Crippen LogP contribution in [0, 0.1) is 11.3 Å². The zero-order valence-electron chi connectivity index (χ0n) is 16.2. The fraction of sp³-hybridized carbons (Fsp3) is 0.619. The van der Waals surface area contributed by atoms with Crippen LogP contribution in [0.3, 0.4) is 0 Å². The molecule has 140 valence electrons. The Hall–Kier alpha value is -1.88. The topological polar surface area (TPSA) is 50.2 Å². The number of carbonyl (C=O) groups is 1. The second-order valence-electron chi connectivity index (χ2n) is 8.37. The second kappa shape index (κ2) is 6.69. The van der Waals surface area contributed by atoms with Gasteiger partial charge in [-0.2, -0.15) is 0 Å². The lowest BCUT2D eigenvalue weighted by molar-refractivity contribution is -0.123. The van der Waals surface area contributed by atoms with Gasteiger partial charge in [-0.15, -0.1) is 0 Å². The van der Waals surface area contributed by atoms with Crippen LogP contribution < -0.4 is 5.32 Å². The average Bonchev–Trinajstić information content (AvgIpc) is 3.24. The Morgan fingerprint density at radius 2 is 2.04 bits per heavy atom. The Morgan fingerprint density at radius 1 is 1.31 bits per heavy atom. The molecule has 5 nitrogen and oxygen atoms in total. The molecular formula is C21H30N4O. The molecule has 1 aromatic carbocycles. The van der Waals surface area contributed by atoms with Crippen molar-refractivity contribution in [2.75, 3.05) is 19.6 Å². The summed E-state index contributed by atoms with van der Waals surface area (Å²) in [6.07, 6.45) is 4.21. The molecular weight excluding hydrogens is 324 g/mol. The number of piperidine rings is 1. The van der Waals surface area contributed by atoms with E-state index in [1.165, 1.54) is 12.8 Å². The summed E-state index contributed by atoms with van der Waals surface area (Å²) in [5, 5.41) is 3.16. The Balaban J connectivity index is 1.28. The number of carbonyl (C=O) groups excluding carboxylic acids is 1. The summed E-state index contributed by atoms with van der Waals surface area (Å²) in [6, 6.07) is 8.79. The maximum absolute atomic E-state index is 12.6. The molecule has 1 atom stereocenters. The molecule has 1 saturated heterocycles. The van der Waals surface area contributed by atoms with Gasteiger partial charge in [-0.1, -0.05) is 12.1 Å². The smallest absolute Gasteiger partial charge is 0.223 e. The second-order valence-corrected chi connectivity index (χ2v) is 8.37. The van der Waals surface area contributed by atoms with Gasteiger partial charge in [0.2, 0.25) is 5.91 Å². The molecule has 0 radical (unpaired) electrons. The number of nitrogens with zero attached hydrogens (tertiary/aromatic N) is 3. The lowest BCUT2D eigenvalue weighted by Crippen LogP contribution is -2.40. The fourth-order valence-electron chi connectivity index (χ4n) is 4.60. The number of hydrogen-bond acceptors (Lipinski definition) is 3. The fourth-order valence-corrected chi connectivity index (χ4v) is 4.60. The van der Waals surface area contributed by atoms with Crippen molar-refractivity contribution in [3.63, 3.8) is 0 Å². The van der Waals surface area contributed by atoms with Crippen molar-refractivity contribution >= 4 is 16.9 Å². The molecule has 2 fully saturated rings. The normalized spacial score (nSPS) is 22.2. The maximum Gasteiger partial charge on any atom is 0.223 e. The first-order valence-electron chi connectivity index (χ1n) is 9.92. The molecule has 1 N–H and O–H groups in total. The van der Waals surface area contributed by atoms with E-state index in [2.05, 4.69) is 39.7 Å². The molecule has 1 unspecified atom stereocenters. The Bertz CT molecular complexity index is 801. The minimum absolute atomic E-state index is 0.234. The van der Waals surface area contributed by atoms with Crippen LogP contribution in [0.1, 0.15) is 38.9 Å². The molecule has 2 heterocycles. The van der Waals surface area contributed by atoms with E-state index in [0.717, 1.165) is 42.8 Å². The van der Waals surface area contributed by atoms with Gasteiger partial charge in [0.05, 0.1) is 11.0 Å². The predicted molar refractivity (Wildman–Crippen MR) is 104 cm³/mol. The van der Waals surface area contributed by atoms with Crippen molar-refractivity contribution in [2.45, 2.75) is 45.6 Å². The first kappa shape index (κ1) is 17.5. The van der Waals surface area contributed by atoms with E-state index >= 15 is 0 Å². The quantitative estimate of drug-likeness (QED) is 0.898. The standard InChI is InChI=1S/C21H30N4O/c1-15(2)25-12-9-21(10-13-25)14-16(21)20(26)22-11-8-19-23-17-6-4-5-7-18(17)24(19)3/h4-7,15-16H,8-14H2,1-3H3,(H,22,26). The first-order valence-corrected chi connectivity index (χ1v) is 9.92. The molecule has 2 aliphatic rings. The predicted octanol–water partition coefficient (Wildman–Crippen LogP) is 2.74. The summed E-state index contributed by atoms with van der Waals surface area (Å²) in [4.78, 5) is 19.8. The van der Waals surface area contributed by atoms with E-state index in [1.54, 1.807) is 0 Å². The first-order chi connectivity index (χ1) is 12.5. The number of nitrogens with one attached hydrogen (secondary N) is 1. The maximum atomic E-state index is 12.6. The zero-order valence-corrected chi connectivity index (χ0v) is 16.2. The average molecular weight is 354 g/mol. The number of aromatic nitrogens is 2. The van der Waals surface area contributed by atoms with Gasteiger partial charge in [0.15, 0.2) is 0 Å². The minimum atomic E-state index is 0.234. The highest BCUT2D eigenvalue weighted by Gasteiger charge is 2.58. The highest BCUT2D eigenvalue weighted by atomic mass is 16.2. The van der Waals surface area contributed by atoms with Crippen LogP contribution in [0.5, 0.6) is 0 Å². The number of benzene rings is 1. The van der Waals surface area contributed by atoms with Gasteiger partial charge in [0, 0.05) is 32.0 Å². The molecule has 0 bridgehead atoms. The van der Waals surface area contributed by atoms with E-state index in [4.69, 9.17) is 0 Å². The van der Waals surface area contributed by atoms with Crippen LogP contribution in [-0.2, 0) is 18.3 Å². The third-order valence-corrected chi connectivity index (χ3v) is 6.56. The van der Waals surface area contributed by atoms with E-state index in [-0.39, 0.29) is 11.8 Å². The summed E-state index contributed by atoms with van der Waals surface area (Å²) >= 11 is 0. The molecule has 4 rings (SSSR count). The molecule has 1 aliphatic carbocycles. The summed E-state index contributed by atoms with van der Waals surface area (Å²) in [5.74, 6) is 1.52. The third kappa shape index (κ3) is 3.13. The molecule has 26 heavy (non-hydrogen) atoms. The monoisotopic (exact) mass is 354 g/mol. The summed E-state index contributed by atoms with van der Waals surface area (Å²) < 4.78 is 2.13. The number of aryl methyl sites for hydroxylation is 1. The van der Waals surface area contributed by atoms with Crippen molar-refractivity contribution in [1.29, 1.82) is 0 Å². The van der Waals surface area contributed by atoms with E-state index in [1.807, 2.05) is 25.2 Å². The largest absolute Gasteiger partial charge is 0.355 e. The van der Waals surface area contributed by atoms with E-state index in [0.29, 0.717) is 18.0 Å². The van der Waals surface area contributed by atoms with Crippen molar-refractivity contribution in [1.82, 2.24) is 19.8 Å². The van der Waals surface area contributed by atoms with Crippen LogP contribution in [0.2, 0.25) is 0 Å². The number of likely N-dealkylation sites (tertiary alicyclic amines) is 1. The van der Waals surface area contributed by atoms with Crippen molar-refractivity contribution < 1.29 is 4.79 Å². The van der Waals surface area contributed by atoms with Gasteiger partial charge in [-0.05, 0) is 63.7 Å². The van der Waals surface area contributed by atoms with Crippen molar-refractivity contribution in [3.05, 3.63) is 30.1 Å². The SMILES string of the molecule is CC(C)N1CCC2(CC1)CC2C(=O)NCCc1nc2ccccc2n1C. The van der Waals surface area contributed by atoms with Gasteiger partial charge in [0.1, 0.15) is 5.82 Å². The molecule has 1 aromatic heterocycles. The van der Waals surface area contributed by atoms with Crippen molar-refractivity contribution in [3.8, 4) is 0 Å². The van der Waals surface area contributed by atoms with Crippen LogP contribution in [0.4, 0.5) is 0 Å². The van der Waals surface area contributed by atoms with Gasteiger partial charge >= 0.3 is 0 Å². The van der Waals surface area contributed by atoms with E-state index < -0.39 is 0 Å². The highest BCUT2D eigenvalue weighted by Crippen LogP contribution is 2.59. The lowest BCUT2D eigenvalue weighted by Gasteiger charge is -2.35. The zero-order chi connectivity index (χ0) is 18.3. The summed E-state index contributed by atoms with van der Waals surface area (Å²) in [6.45, 7) is 7.47. The van der Waals surface area contributed by atoms with Gasteiger partial charge < -0.3 is 14.8 Å². The number of rotatable bonds is 5. The molecule has 1 saturated carbocycles. The lowest BCUT2D eigenvalue weighted by atomic mass is 9.90. The van der Waals surface area contributed by atoms with Crippen LogP contribution in [-0.4, -0.2) is 46.0 Å². The third-order valence-electron chi connectivity index (χ3n) is 6.56. The molecule has 1 spiro atoms. The van der Waals surface area contributed by atoms with Gasteiger partial charge in [-0.3, -0.25) is 4.79 Å². The number of imidazole rings is 1.